The first kappa shape index (κ1) is 21.3. The van der Waals surface area contributed by atoms with Crippen molar-refractivity contribution in [3.63, 3.8) is 0 Å². The predicted molar refractivity (Wildman–Crippen MR) is 123 cm³/mol. The Morgan fingerprint density at radius 3 is 2.76 bits per heavy atom. The third-order valence-electron chi connectivity index (χ3n) is 4.68. The molecule has 0 aliphatic carbocycles. The highest BCUT2D eigenvalue weighted by Crippen LogP contribution is 2.18. The lowest BCUT2D eigenvalue weighted by molar-refractivity contribution is 0.102. The molecule has 2 aromatic carbocycles. The van der Waals surface area contributed by atoms with Crippen LogP contribution in [0.4, 0.5) is 5.69 Å². The molecule has 0 bridgehead atoms. The highest BCUT2D eigenvalue weighted by atomic mass is 35.5. The average molecular weight is 476 g/mol. The van der Waals surface area contributed by atoms with Gasteiger partial charge in [0.1, 0.15) is 5.75 Å². The predicted octanol–water partition coefficient (Wildman–Crippen LogP) is 3.18. The Labute approximate surface area is 198 Å². The van der Waals surface area contributed by atoms with E-state index in [0.29, 0.717) is 22.3 Å². The molecule has 0 unspecified atom stereocenters. The van der Waals surface area contributed by atoms with Crippen molar-refractivity contribution in [2.75, 3.05) is 5.32 Å². The van der Waals surface area contributed by atoms with Gasteiger partial charge in [-0.25, -0.2) is 9.36 Å². The lowest BCUT2D eigenvalue weighted by Crippen LogP contribution is -2.15. The number of hydrogen-bond acceptors (Lipinski definition) is 7. The molecule has 0 fully saturated rings. The van der Waals surface area contributed by atoms with Gasteiger partial charge in [-0.2, -0.15) is 10.2 Å². The molecule has 170 valence electrons. The van der Waals surface area contributed by atoms with Gasteiger partial charge in [0, 0.05) is 16.8 Å². The number of halogens is 1. The van der Waals surface area contributed by atoms with E-state index in [0.717, 1.165) is 5.56 Å². The Hall–Kier alpha value is -4.51. The van der Waals surface area contributed by atoms with Crippen molar-refractivity contribution in [3.05, 3.63) is 90.0 Å². The van der Waals surface area contributed by atoms with Crippen LogP contribution < -0.4 is 10.1 Å². The van der Waals surface area contributed by atoms with Crippen molar-refractivity contribution in [3.8, 4) is 17.1 Å². The van der Waals surface area contributed by atoms with Gasteiger partial charge < -0.3 is 10.1 Å². The second-order valence-electron chi connectivity index (χ2n) is 7.19. The van der Waals surface area contributed by atoms with Gasteiger partial charge in [-0.05, 0) is 29.5 Å². The molecule has 1 amide bonds. The number of nitrogens with zero attached hydrogens (tertiary/aromatic N) is 8. The van der Waals surface area contributed by atoms with E-state index in [2.05, 4.69) is 30.9 Å². The van der Waals surface area contributed by atoms with Gasteiger partial charge in [0.25, 0.3) is 5.91 Å². The Morgan fingerprint density at radius 1 is 1.03 bits per heavy atom. The maximum atomic E-state index is 12.6. The fourth-order valence-electron chi connectivity index (χ4n) is 3.09. The molecule has 5 aromatic rings. The number of carbonyl (C=O) groups is 1. The minimum atomic E-state index is -0.370. The van der Waals surface area contributed by atoms with Crippen LogP contribution in [0, 0.1) is 0 Å². The molecular weight excluding hydrogens is 458 g/mol. The number of carbonyl (C=O) groups excluding carboxylic acids is 1. The van der Waals surface area contributed by atoms with E-state index in [-0.39, 0.29) is 25.0 Å². The summed E-state index contributed by atoms with van der Waals surface area (Å²) in [6.07, 6.45) is 4.85. The quantitative estimate of drug-likeness (QED) is 0.366. The van der Waals surface area contributed by atoms with Crippen molar-refractivity contribution in [1.82, 2.24) is 39.8 Å². The maximum Gasteiger partial charge on any atom is 0.276 e. The topological polar surface area (TPSA) is 118 Å². The molecular formula is C22H18ClN9O2. The highest BCUT2D eigenvalue weighted by Gasteiger charge is 2.12. The summed E-state index contributed by atoms with van der Waals surface area (Å²) in [7, 11) is 0. The van der Waals surface area contributed by atoms with E-state index >= 15 is 0 Å². The van der Waals surface area contributed by atoms with Gasteiger partial charge >= 0.3 is 0 Å². The van der Waals surface area contributed by atoms with E-state index in [4.69, 9.17) is 16.3 Å². The smallest absolute Gasteiger partial charge is 0.276 e. The largest absolute Gasteiger partial charge is 0.471 e. The number of amides is 1. The highest BCUT2D eigenvalue weighted by molar-refractivity contribution is 6.30. The molecule has 0 radical (unpaired) electrons. The first-order chi connectivity index (χ1) is 16.6. The van der Waals surface area contributed by atoms with Crippen LogP contribution in [0.3, 0.4) is 0 Å². The van der Waals surface area contributed by atoms with Crippen molar-refractivity contribution in [2.24, 2.45) is 0 Å². The Morgan fingerprint density at radius 2 is 1.91 bits per heavy atom. The van der Waals surface area contributed by atoms with Gasteiger partial charge in [-0.15, -0.1) is 15.0 Å². The standard InChI is InChI=1S/C22H18ClN9O2/c23-17-7-4-8-19(11-17)34-15-31-13-18(12-24-31)25-22(33)20-9-10-30(27-20)14-32-28-21(26-29-32)16-5-2-1-3-6-16/h1-13H,14-15H2,(H,25,33). The number of benzene rings is 2. The zero-order valence-corrected chi connectivity index (χ0v) is 18.4. The molecule has 12 heteroatoms. The van der Waals surface area contributed by atoms with Crippen LogP contribution in [-0.2, 0) is 13.4 Å². The monoisotopic (exact) mass is 475 g/mol. The molecule has 0 saturated heterocycles. The zero-order chi connectivity index (χ0) is 23.3. The van der Waals surface area contributed by atoms with Crippen molar-refractivity contribution in [1.29, 1.82) is 0 Å². The van der Waals surface area contributed by atoms with Crippen molar-refractivity contribution >= 4 is 23.2 Å². The van der Waals surface area contributed by atoms with Gasteiger partial charge in [0.2, 0.25) is 5.82 Å². The minimum Gasteiger partial charge on any atom is -0.471 e. The zero-order valence-electron chi connectivity index (χ0n) is 17.7. The number of nitrogens with one attached hydrogen (secondary N) is 1. The lowest BCUT2D eigenvalue weighted by atomic mass is 10.2. The van der Waals surface area contributed by atoms with E-state index in [1.807, 2.05) is 30.3 Å². The molecule has 11 nitrogen and oxygen atoms in total. The van der Waals surface area contributed by atoms with Gasteiger partial charge in [-0.1, -0.05) is 48.0 Å². The number of hydrogen-bond donors (Lipinski definition) is 1. The van der Waals surface area contributed by atoms with Crippen LogP contribution in [0.15, 0.2) is 79.3 Å². The Balaban J connectivity index is 1.17. The Bertz CT molecular complexity index is 1410. The molecule has 0 aliphatic rings. The van der Waals surface area contributed by atoms with Crippen LogP contribution in [0.25, 0.3) is 11.4 Å². The second kappa shape index (κ2) is 9.55. The number of rotatable bonds is 8. The van der Waals surface area contributed by atoms with E-state index in [1.165, 1.54) is 11.0 Å². The summed E-state index contributed by atoms with van der Waals surface area (Å²) in [6, 6.07) is 18.2. The first-order valence-electron chi connectivity index (χ1n) is 10.2. The van der Waals surface area contributed by atoms with E-state index < -0.39 is 0 Å². The summed E-state index contributed by atoms with van der Waals surface area (Å²) < 4.78 is 8.73. The molecule has 0 aliphatic heterocycles. The number of tetrazole rings is 1. The number of anilines is 1. The van der Waals surface area contributed by atoms with Crippen LogP contribution in [0.1, 0.15) is 10.5 Å². The molecule has 3 aromatic heterocycles. The summed E-state index contributed by atoms with van der Waals surface area (Å²) in [4.78, 5) is 14.0. The van der Waals surface area contributed by atoms with Gasteiger partial charge in [-0.3, -0.25) is 4.79 Å². The fraction of sp³-hybridized carbons (Fsp3) is 0.0909. The lowest BCUT2D eigenvalue weighted by Gasteiger charge is -2.06. The third-order valence-corrected chi connectivity index (χ3v) is 4.92. The van der Waals surface area contributed by atoms with Crippen molar-refractivity contribution in [2.45, 2.75) is 13.4 Å². The van der Waals surface area contributed by atoms with Gasteiger partial charge in [0.05, 0.1) is 18.1 Å². The van der Waals surface area contributed by atoms with Crippen LogP contribution in [0.5, 0.6) is 5.75 Å². The molecule has 34 heavy (non-hydrogen) atoms. The molecule has 1 N–H and O–H groups in total. The summed E-state index contributed by atoms with van der Waals surface area (Å²) >= 11 is 5.95. The van der Waals surface area contributed by atoms with E-state index in [1.54, 1.807) is 52.1 Å². The number of ether oxygens (including phenoxy) is 1. The van der Waals surface area contributed by atoms with Crippen molar-refractivity contribution < 1.29 is 9.53 Å². The summed E-state index contributed by atoms with van der Waals surface area (Å²) in [6.45, 7) is 0.382. The van der Waals surface area contributed by atoms with Crippen LogP contribution in [-0.4, -0.2) is 45.7 Å². The maximum absolute atomic E-state index is 12.6. The third kappa shape index (κ3) is 5.10. The summed E-state index contributed by atoms with van der Waals surface area (Å²) in [5.41, 5.74) is 1.62. The molecule has 0 atom stereocenters. The first-order valence-corrected chi connectivity index (χ1v) is 10.6. The molecule has 0 saturated carbocycles. The summed E-state index contributed by atoms with van der Waals surface area (Å²) in [5, 5.41) is 24.3. The molecule has 3 heterocycles. The summed E-state index contributed by atoms with van der Waals surface area (Å²) in [5.74, 6) is 0.768. The fourth-order valence-corrected chi connectivity index (χ4v) is 3.27. The number of aromatic nitrogens is 8. The molecule has 5 rings (SSSR count). The second-order valence-corrected chi connectivity index (χ2v) is 7.62. The van der Waals surface area contributed by atoms with Gasteiger partial charge in [0.15, 0.2) is 19.1 Å². The SMILES string of the molecule is O=C(Nc1cnn(COc2cccc(Cl)c2)c1)c1ccn(Cn2nnc(-c3ccccc3)n2)n1. The minimum absolute atomic E-state index is 0.167. The van der Waals surface area contributed by atoms with E-state index in [9.17, 15) is 4.79 Å². The van der Waals surface area contributed by atoms with Crippen LogP contribution >= 0.6 is 11.6 Å². The Kier molecular flexibility index (Phi) is 5.99. The van der Waals surface area contributed by atoms with Crippen LogP contribution in [0.2, 0.25) is 5.02 Å². The molecule has 0 spiro atoms. The average Bonchev–Trinajstić information content (AvgIpc) is 3.60. The normalized spacial score (nSPS) is 10.9.